The molecule has 9 aromatic rings. The Morgan fingerprint density at radius 1 is 0.510 bits per heavy atom. The van der Waals surface area contributed by atoms with E-state index in [1.165, 1.54) is 39.1 Å². The molecule has 4 heteroatoms. The Morgan fingerprint density at radius 2 is 1.29 bits per heavy atom. The second-order valence-electron chi connectivity index (χ2n) is 12.9. The lowest BCUT2D eigenvalue weighted by Gasteiger charge is -2.24. The van der Waals surface area contributed by atoms with E-state index in [0.29, 0.717) is 5.56 Å². The molecule has 4 nitrogen and oxygen atoms in total. The van der Waals surface area contributed by atoms with E-state index < -0.39 is 0 Å². The van der Waals surface area contributed by atoms with Crippen LogP contribution in [0.2, 0.25) is 0 Å². The Kier molecular flexibility index (Phi) is 6.03. The highest BCUT2D eigenvalue weighted by molar-refractivity contribution is 6.12. The SMILES string of the molecule is N#Cc1ccc2c(c1)c1ccccc1n2-c1ccc2c(c1)-c1ccc(-c3cccc4oc5ccccc5c34)cc1CN(c1ccccc1)C2. The van der Waals surface area contributed by atoms with Crippen LogP contribution in [0.15, 0.2) is 156 Å². The highest BCUT2D eigenvalue weighted by atomic mass is 16.3. The number of nitrogens with zero attached hydrogens (tertiary/aromatic N) is 3. The number of benzene rings is 7. The number of hydrogen-bond acceptors (Lipinski definition) is 3. The van der Waals surface area contributed by atoms with Gasteiger partial charge in [0.1, 0.15) is 11.2 Å². The van der Waals surface area contributed by atoms with Crippen molar-refractivity contribution in [1.29, 1.82) is 5.26 Å². The zero-order chi connectivity index (χ0) is 32.5. The van der Waals surface area contributed by atoms with Crippen LogP contribution in [0.5, 0.6) is 0 Å². The van der Waals surface area contributed by atoms with Crippen molar-refractivity contribution in [2.24, 2.45) is 0 Å². The van der Waals surface area contributed by atoms with E-state index in [4.69, 9.17) is 4.42 Å². The standard InChI is InChI=1S/C45H29N3O/c46-26-29-17-22-42-40(23-29)37-11-4-6-14-41(37)48(42)34-20-18-31-27-47(33-9-2-1-3-10-33)28-32-24-30(19-21-35(32)39(31)25-34)36-13-8-16-44-45(36)38-12-5-7-15-43(38)49-44/h1-25H,27-28H2. The Hall–Kier alpha value is -6.57. The average Bonchev–Trinajstić information content (AvgIpc) is 3.65. The number of aromatic nitrogens is 1. The maximum absolute atomic E-state index is 9.66. The molecule has 0 saturated heterocycles. The van der Waals surface area contributed by atoms with Crippen LogP contribution in [0.25, 0.3) is 71.7 Å². The van der Waals surface area contributed by atoms with Gasteiger partial charge in [-0.2, -0.15) is 5.26 Å². The summed E-state index contributed by atoms with van der Waals surface area (Å²) in [6, 6.07) is 56.1. The molecule has 1 aliphatic rings. The second-order valence-corrected chi connectivity index (χ2v) is 12.9. The fraction of sp³-hybridized carbons (Fsp3) is 0.0444. The van der Waals surface area contributed by atoms with Gasteiger partial charge in [-0.15, -0.1) is 0 Å². The summed E-state index contributed by atoms with van der Waals surface area (Å²) < 4.78 is 8.60. The van der Waals surface area contributed by atoms with Gasteiger partial charge in [0.15, 0.2) is 0 Å². The van der Waals surface area contributed by atoms with Crippen LogP contribution in [0.4, 0.5) is 5.69 Å². The van der Waals surface area contributed by atoms with Gasteiger partial charge < -0.3 is 13.9 Å². The molecule has 0 atom stereocenters. The first-order valence-electron chi connectivity index (χ1n) is 16.6. The molecule has 0 aliphatic carbocycles. The molecule has 0 saturated carbocycles. The lowest BCUT2D eigenvalue weighted by molar-refractivity contribution is 0.669. The summed E-state index contributed by atoms with van der Waals surface area (Å²) in [6.45, 7) is 1.58. The molecule has 0 N–H and O–H groups in total. The molecule has 0 bridgehead atoms. The monoisotopic (exact) mass is 627 g/mol. The average molecular weight is 628 g/mol. The Balaban J connectivity index is 1.19. The van der Waals surface area contributed by atoms with Crippen LogP contribution < -0.4 is 4.90 Å². The number of para-hydroxylation sites is 3. The minimum Gasteiger partial charge on any atom is -0.456 e. The highest BCUT2D eigenvalue weighted by Gasteiger charge is 2.23. The van der Waals surface area contributed by atoms with E-state index in [1.54, 1.807) is 0 Å². The maximum Gasteiger partial charge on any atom is 0.136 e. The summed E-state index contributed by atoms with van der Waals surface area (Å²) in [7, 11) is 0. The van der Waals surface area contributed by atoms with Crippen molar-refractivity contribution in [2.75, 3.05) is 4.90 Å². The molecule has 0 spiro atoms. The van der Waals surface area contributed by atoms with Crippen molar-refractivity contribution in [3.05, 3.63) is 168 Å². The normalized spacial score (nSPS) is 12.7. The van der Waals surface area contributed by atoms with Gasteiger partial charge in [0.05, 0.1) is 22.7 Å². The zero-order valence-corrected chi connectivity index (χ0v) is 26.6. The summed E-state index contributed by atoms with van der Waals surface area (Å²) in [5.41, 5.74) is 14.4. The fourth-order valence-electron chi connectivity index (χ4n) is 7.87. The van der Waals surface area contributed by atoms with Crippen molar-refractivity contribution >= 4 is 49.4 Å². The molecule has 0 radical (unpaired) electrons. The minimum atomic E-state index is 0.669. The van der Waals surface area contributed by atoms with E-state index in [0.717, 1.165) is 62.5 Å². The lowest BCUT2D eigenvalue weighted by Crippen LogP contribution is -2.20. The van der Waals surface area contributed by atoms with Crippen LogP contribution in [-0.2, 0) is 13.1 Å². The van der Waals surface area contributed by atoms with E-state index in [2.05, 4.69) is 143 Å². The first kappa shape index (κ1) is 27.5. The Morgan fingerprint density at radius 3 is 2.18 bits per heavy atom. The zero-order valence-electron chi connectivity index (χ0n) is 26.6. The van der Waals surface area contributed by atoms with Crippen molar-refractivity contribution in [3.8, 4) is 34.0 Å². The minimum absolute atomic E-state index is 0.669. The molecule has 0 unspecified atom stereocenters. The third kappa shape index (κ3) is 4.30. The molecule has 10 rings (SSSR count). The van der Waals surface area contributed by atoms with E-state index >= 15 is 0 Å². The maximum atomic E-state index is 9.66. The van der Waals surface area contributed by atoms with E-state index in [-0.39, 0.29) is 0 Å². The van der Waals surface area contributed by atoms with Crippen molar-refractivity contribution in [2.45, 2.75) is 13.1 Å². The smallest absolute Gasteiger partial charge is 0.136 e. The van der Waals surface area contributed by atoms with Gasteiger partial charge in [-0.3, -0.25) is 0 Å². The number of rotatable bonds is 3. The predicted molar refractivity (Wildman–Crippen MR) is 200 cm³/mol. The molecule has 0 fully saturated rings. The first-order valence-corrected chi connectivity index (χ1v) is 16.6. The third-order valence-corrected chi connectivity index (χ3v) is 10.1. The second kappa shape index (κ2) is 10.7. The van der Waals surface area contributed by atoms with Gasteiger partial charge >= 0.3 is 0 Å². The van der Waals surface area contributed by atoms with Gasteiger partial charge in [-0.25, -0.2) is 0 Å². The van der Waals surface area contributed by atoms with E-state index in [9.17, 15) is 5.26 Å². The molecule has 1 aliphatic heterocycles. The van der Waals surface area contributed by atoms with Crippen molar-refractivity contribution in [1.82, 2.24) is 4.57 Å². The van der Waals surface area contributed by atoms with Gasteiger partial charge in [0, 0.05) is 46.0 Å². The fourth-order valence-corrected chi connectivity index (χ4v) is 7.87. The summed E-state index contributed by atoms with van der Waals surface area (Å²) >= 11 is 0. The molecule has 230 valence electrons. The van der Waals surface area contributed by atoms with Crippen molar-refractivity contribution < 1.29 is 4.42 Å². The number of furan rings is 1. The Bertz CT molecular complexity index is 2800. The summed E-state index contributed by atoms with van der Waals surface area (Å²) in [5, 5.41) is 14.2. The first-order chi connectivity index (χ1) is 24.2. The Labute approximate surface area is 283 Å². The van der Waals surface area contributed by atoms with E-state index in [1.807, 2.05) is 24.3 Å². The van der Waals surface area contributed by atoms with Crippen LogP contribution >= 0.6 is 0 Å². The molecule has 3 heterocycles. The van der Waals surface area contributed by atoms with Gasteiger partial charge in [0.25, 0.3) is 0 Å². The number of nitriles is 1. The number of anilines is 1. The van der Waals surface area contributed by atoms with Crippen LogP contribution in [0.3, 0.4) is 0 Å². The predicted octanol–water partition coefficient (Wildman–Crippen LogP) is 11.4. The topological polar surface area (TPSA) is 45.1 Å². The van der Waals surface area contributed by atoms with Crippen LogP contribution in [-0.4, -0.2) is 4.57 Å². The largest absolute Gasteiger partial charge is 0.456 e. The van der Waals surface area contributed by atoms with Crippen LogP contribution in [0, 0.1) is 11.3 Å². The van der Waals surface area contributed by atoms with Gasteiger partial charge in [-0.1, -0.05) is 84.9 Å². The molecule has 49 heavy (non-hydrogen) atoms. The number of fused-ring (bicyclic) bond motifs is 9. The van der Waals surface area contributed by atoms with Crippen molar-refractivity contribution in [3.63, 3.8) is 0 Å². The molecule has 7 aromatic carbocycles. The summed E-state index contributed by atoms with van der Waals surface area (Å²) in [4.78, 5) is 2.48. The molecular weight excluding hydrogens is 599 g/mol. The summed E-state index contributed by atoms with van der Waals surface area (Å²) in [5.74, 6) is 0. The molecular formula is C45H29N3O. The summed E-state index contributed by atoms with van der Waals surface area (Å²) in [6.07, 6.45) is 0. The van der Waals surface area contributed by atoms with Gasteiger partial charge in [0.2, 0.25) is 0 Å². The lowest BCUT2D eigenvalue weighted by atomic mass is 9.91. The van der Waals surface area contributed by atoms with Gasteiger partial charge in [-0.05, 0) is 100 Å². The third-order valence-electron chi connectivity index (χ3n) is 10.1. The quantitative estimate of drug-likeness (QED) is 0.196. The molecule has 0 amide bonds. The number of hydrogen-bond donors (Lipinski definition) is 0. The van der Waals surface area contributed by atoms with Crippen LogP contribution in [0.1, 0.15) is 16.7 Å². The highest BCUT2D eigenvalue weighted by Crippen LogP contribution is 2.42. The molecule has 2 aromatic heterocycles.